The number of rotatable bonds is 5. The fraction of sp³-hybridized carbons (Fsp3) is 0.267. The number of amides is 2. The lowest BCUT2D eigenvalue weighted by Gasteiger charge is -2.21. The Hall–Kier alpha value is -3.07. The number of carboxylic acid groups (broad SMARTS) is 1. The Morgan fingerprint density at radius 1 is 1.21 bits per heavy atom. The second kappa shape index (κ2) is 6.20. The highest BCUT2D eigenvalue weighted by molar-refractivity contribution is 6.17. The third-order valence-corrected chi connectivity index (χ3v) is 3.52. The maximum absolute atomic E-state index is 12.1. The molecular weight excluding hydrogens is 320 g/mol. The third-order valence-electron chi connectivity index (χ3n) is 3.52. The van der Waals surface area contributed by atoms with Gasteiger partial charge in [-0.3, -0.25) is 14.5 Å². The van der Waals surface area contributed by atoms with E-state index in [9.17, 15) is 19.5 Å². The molecule has 0 unspecified atom stereocenters. The van der Waals surface area contributed by atoms with E-state index in [-0.39, 0.29) is 30.1 Å². The van der Waals surface area contributed by atoms with Crippen molar-refractivity contribution in [2.45, 2.75) is 0 Å². The number of nitrogens with one attached hydrogen (secondary N) is 1. The number of benzene rings is 1. The number of hydrogen-bond donors (Lipinski definition) is 3. The van der Waals surface area contributed by atoms with Crippen LogP contribution in [0.4, 0.5) is 5.69 Å². The minimum atomic E-state index is -1.22. The molecule has 2 aliphatic heterocycles. The van der Waals surface area contributed by atoms with Gasteiger partial charge in [-0.05, 0) is 0 Å². The topological polar surface area (TPSA) is 125 Å². The molecule has 2 heterocycles. The lowest BCUT2D eigenvalue weighted by Crippen LogP contribution is -2.34. The predicted octanol–water partition coefficient (Wildman–Crippen LogP) is -0.187. The molecule has 9 heteroatoms. The number of carbonyl (C=O) groups is 3. The molecule has 0 aromatic heterocycles. The van der Waals surface area contributed by atoms with Crippen LogP contribution in [0, 0.1) is 0 Å². The molecule has 0 fully saturated rings. The fourth-order valence-corrected chi connectivity index (χ4v) is 2.42. The van der Waals surface area contributed by atoms with Crippen LogP contribution >= 0.6 is 0 Å². The first-order chi connectivity index (χ1) is 11.5. The average molecular weight is 334 g/mol. The number of aliphatic hydroxyl groups is 1. The van der Waals surface area contributed by atoms with Crippen LogP contribution in [-0.4, -0.2) is 59.3 Å². The van der Waals surface area contributed by atoms with Gasteiger partial charge in [-0.25, -0.2) is 4.79 Å². The number of aliphatic hydroxyl groups excluding tert-OH is 1. The molecule has 1 aromatic carbocycles. The molecule has 0 saturated heterocycles. The molecule has 2 aliphatic rings. The van der Waals surface area contributed by atoms with Crippen molar-refractivity contribution in [1.82, 2.24) is 4.90 Å². The number of β-amino-alcohol motifs (C(OH)–C–C–N with tert-alkyl or cyclic N) is 1. The Kier molecular flexibility index (Phi) is 4.09. The van der Waals surface area contributed by atoms with Crippen LogP contribution in [0.2, 0.25) is 0 Å². The van der Waals surface area contributed by atoms with E-state index in [1.54, 1.807) is 0 Å². The highest BCUT2D eigenvalue weighted by atomic mass is 16.6. The van der Waals surface area contributed by atoms with Crippen molar-refractivity contribution in [3.63, 3.8) is 0 Å². The Balaban J connectivity index is 1.92. The summed E-state index contributed by atoms with van der Waals surface area (Å²) in [4.78, 5) is 36.2. The quantitative estimate of drug-likeness (QED) is 0.633. The summed E-state index contributed by atoms with van der Waals surface area (Å²) < 4.78 is 10.7. The highest BCUT2D eigenvalue weighted by Crippen LogP contribution is 2.36. The van der Waals surface area contributed by atoms with Gasteiger partial charge in [0.05, 0.1) is 24.4 Å². The van der Waals surface area contributed by atoms with Crippen molar-refractivity contribution in [1.29, 1.82) is 0 Å². The van der Waals surface area contributed by atoms with Crippen LogP contribution in [0.5, 0.6) is 11.5 Å². The summed E-state index contributed by atoms with van der Waals surface area (Å²) in [6.07, 6.45) is 1.06. The van der Waals surface area contributed by atoms with E-state index in [1.807, 2.05) is 0 Å². The standard InChI is InChI=1S/C15H14N2O7/c18-2-1-17-13(19)7-10(14(17)20)16-9-6-12-11(23-3-4-24-12)5-8(9)15(21)22/h5-7,16,18H,1-4H2,(H,21,22). The number of aromatic carboxylic acids is 1. The molecule has 0 atom stereocenters. The summed E-state index contributed by atoms with van der Waals surface area (Å²) in [6.45, 7) is 0.144. The molecule has 24 heavy (non-hydrogen) atoms. The zero-order chi connectivity index (χ0) is 17.3. The summed E-state index contributed by atoms with van der Waals surface area (Å²) in [6, 6.07) is 2.71. The van der Waals surface area contributed by atoms with Gasteiger partial charge in [0.25, 0.3) is 11.8 Å². The Bertz CT molecular complexity index is 756. The van der Waals surface area contributed by atoms with E-state index < -0.39 is 17.8 Å². The van der Waals surface area contributed by atoms with Crippen LogP contribution in [0.25, 0.3) is 0 Å². The molecule has 0 aliphatic carbocycles. The van der Waals surface area contributed by atoms with Crippen LogP contribution in [0.15, 0.2) is 23.9 Å². The van der Waals surface area contributed by atoms with Crippen LogP contribution in [-0.2, 0) is 9.59 Å². The molecule has 9 nitrogen and oxygen atoms in total. The average Bonchev–Trinajstić information content (AvgIpc) is 2.82. The SMILES string of the molecule is O=C(O)c1cc2c(cc1NC1=CC(=O)N(CCO)C1=O)OCCO2. The third kappa shape index (κ3) is 2.76. The summed E-state index contributed by atoms with van der Waals surface area (Å²) >= 11 is 0. The van der Waals surface area contributed by atoms with Crippen molar-refractivity contribution in [3.05, 3.63) is 29.5 Å². The van der Waals surface area contributed by atoms with Gasteiger partial charge in [0.1, 0.15) is 18.9 Å². The molecule has 3 N–H and O–H groups in total. The second-order valence-electron chi connectivity index (χ2n) is 5.05. The first-order valence-electron chi connectivity index (χ1n) is 7.13. The second-order valence-corrected chi connectivity index (χ2v) is 5.05. The smallest absolute Gasteiger partial charge is 0.337 e. The molecule has 126 valence electrons. The van der Waals surface area contributed by atoms with E-state index in [1.165, 1.54) is 12.1 Å². The molecule has 3 rings (SSSR count). The Morgan fingerprint density at radius 2 is 1.88 bits per heavy atom. The zero-order valence-electron chi connectivity index (χ0n) is 12.4. The molecule has 2 amide bonds. The van der Waals surface area contributed by atoms with Gasteiger partial charge >= 0.3 is 5.97 Å². The Labute approximate surface area is 136 Å². The first kappa shape index (κ1) is 15.8. The molecule has 1 aromatic rings. The summed E-state index contributed by atoms with van der Waals surface area (Å²) in [7, 11) is 0. The monoisotopic (exact) mass is 334 g/mol. The van der Waals surface area contributed by atoms with E-state index >= 15 is 0 Å². The van der Waals surface area contributed by atoms with Gasteiger partial charge < -0.3 is 25.0 Å². The van der Waals surface area contributed by atoms with Crippen molar-refractivity contribution < 1.29 is 34.1 Å². The van der Waals surface area contributed by atoms with Crippen molar-refractivity contribution in [2.24, 2.45) is 0 Å². The van der Waals surface area contributed by atoms with Crippen LogP contribution in [0.1, 0.15) is 10.4 Å². The van der Waals surface area contributed by atoms with E-state index in [2.05, 4.69) is 5.32 Å². The molecular formula is C15H14N2O7. The zero-order valence-corrected chi connectivity index (χ0v) is 12.4. The number of imide groups is 1. The Morgan fingerprint density at radius 3 is 2.50 bits per heavy atom. The highest BCUT2D eigenvalue weighted by Gasteiger charge is 2.31. The maximum atomic E-state index is 12.1. The summed E-state index contributed by atoms with van der Waals surface area (Å²) in [5.41, 5.74) is -0.0985. The normalized spacial score (nSPS) is 16.2. The molecule has 0 saturated carbocycles. The summed E-state index contributed by atoms with van der Waals surface area (Å²) in [5.74, 6) is -1.79. The van der Waals surface area contributed by atoms with Gasteiger partial charge in [0.15, 0.2) is 11.5 Å². The number of nitrogens with zero attached hydrogens (tertiary/aromatic N) is 1. The van der Waals surface area contributed by atoms with E-state index in [0.29, 0.717) is 24.7 Å². The minimum Gasteiger partial charge on any atom is -0.486 e. The number of ether oxygens (including phenoxy) is 2. The van der Waals surface area contributed by atoms with Crippen molar-refractivity contribution >= 4 is 23.5 Å². The number of carbonyl (C=O) groups excluding carboxylic acids is 2. The van der Waals surface area contributed by atoms with Crippen LogP contribution in [0.3, 0.4) is 0 Å². The van der Waals surface area contributed by atoms with Gasteiger partial charge in [0, 0.05) is 18.2 Å². The lowest BCUT2D eigenvalue weighted by molar-refractivity contribution is -0.137. The lowest BCUT2D eigenvalue weighted by atomic mass is 10.1. The number of anilines is 1. The maximum Gasteiger partial charge on any atom is 0.337 e. The van der Waals surface area contributed by atoms with Gasteiger partial charge in [0.2, 0.25) is 0 Å². The number of hydrogen-bond acceptors (Lipinski definition) is 7. The van der Waals surface area contributed by atoms with Gasteiger partial charge in [-0.15, -0.1) is 0 Å². The summed E-state index contributed by atoms with van der Waals surface area (Å²) in [5, 5.41) is 20.9. The minimum absolute atomic E-state index is 0.0763. The fourth-order valence-electron chi connectivity index (χ4n) is 2.42. The molecule has 0 radical (unpaired) electrons. The number of fused-ring (bicyclic) bond motifs is 1. The molecule has 0 bridgehead atoms. The predicted molar refractivity (Wildman–Crippen MR) is 79.9 cm³/mol. The molecule has 0 spiro atoms. The number of carboxylic acids is 1. The van der Waals surface area contributed by atoms with Gasteiger partial charge in [-0.1, -0.05) is 0 Å². The van der Waals surface area contributed by atoms with E-state index in [4.69, 9.17) is 14.6 Å². The van der Waals surface area contributed by atoms with Crippen molar-refractivity contribution in [3.8, 4) is 11.5 Å². The van der Waals surface area contributed by atoms with E-state index in [0.717, 1.165) is 11.0 Å². The van der Waals surface area contributed by atoms with Crippen LogP contribution < -0.4 is 14.8 Å². The first-order valence-corrected chi connectivity index (χ1v) is 7.13. The largest absolute Gasteiger partial charge is 0.486 e. The van der Waals surface area contributed by atoms with Crippen molar-refractivity contribution in [2.75, 3.05) is 31.7 Å². The van der Waals surface area contributed by atoms with Gasteiger partial charge in [-0.2, -0.15) is 0 Å².